The van der Waals surface area contributed by atoms with Crippen molar-refractivity contribution in [2.45, 2.75) is 37.3 Å². The van der Waals surface area contributed by atoms with Gasteiger partial charge in [-0.25, -0.2) is 13.2 Å². The number of hydrogen-bond acceptors (Lipinski definition) is 4. The number of carbonyl (C=O) groups excluding carboxylic acids is 1. The van der Waals surface area contributed by atoms with Gasteiger partial charge in [0.25, 0.3) is 0 Å². The van der Waals surface area contributed by atoms with Gasteiger partial charge >= 0.3 is 6.03 Å². The second-order valence-electron chi connectivity index (χ2n) is 5.93. The maximum Gasteiger partial charge on any atom is 0.314 e. The van der Waals surface area contributed by atoms with Gasteiger partial charge in [-0.3, -0.25) is 0 Å². The third-order valence-electron chi connectivity index (χ3n) is 4.03. The first kappa shape index (κ1) is 19.1. The van der Waals surface area contributed by atoms with Gasteiger partial charge < -0.3 is 15.1 Å². The molecule has 7 heteroatoms. The summed E-state index contributed by atoms with van der Waals surface area (Å²) in [6.07, 6.45) is 2.23. The Morgan fingerprint density at radius 1 is 1.16 bits per heavy atom. The molecule has 2 aromatic rings. The first-order valence-electron chi connectivity index (χ1n) is 8.22. The number of sulfone groups is 1. The molecule has 0 bridgehead atoms. The number of aryl methyl sites for hydroxylation is 2. The van der Waals surface area contributed by atoms with Crippen molar-refractivity contribution < 1.29 is 17.6 Å². The highest BCUT2D eigenvalue weighted by Gasteiger charge is 2.32. The highest BCUT2D eigenvalue weighted by Crippen LogP contribution is 2.29. The van der Waals surface area contributed by atoms with E-state index in [2.05, 4.69) is 10.6 Å². The highest BCUT2D eigenvalue weighted by atomic mass is 32.2. The van der Waals surface area contributed by atoms with Gasteiger partial charge in [-0.15, -0.1) is 0 Å². The molecule has 0 spiro atoms. The smallest absolute Gasteiger partial charge is 0.314 e. The van der Waals surface area contributed by atoms with E-state index in [1.165, 1.54) is 6.26 Å². The highest BCUT2D eigenvalue weighted by molar-refractivity contribution is 7.91. The summed E-state index contributed by atoms with van der Waals surface area (Å²) in [6, 6.07) is 7.86. The summed E-state index contributed by atoms with van der Waals surface area (Å²) in [6.45, 7) is 6.19. The zero-order chi connectivity index (χ0) is 18.4. The van der Waals surface area contributed by atoms with Crippen LogP contribution in [-0.4, -0.2) is 27.5 Å². The number of carbonyl (C=O) groups is 1. The summed E-state index contributed by atoms with van der Waals surface area (Å²) in [4.78, 5) is 12.0. The maximum absolute atomic E-state index is 13.1. The molecule has 0 fully saturated rings. The van der Waals surface area contributed by atoms with Crippen molar-refractivity contribution >= 4 is 15.9 Å². The number of nitrogens with one attached hydrogen (secondary N) is 2. The Labute approximate surface area is 148 Å². The van der Waals surface area contributed by atoms with Crippen molar-refractivity contribution in [1.29, 1.82) is 0 Å². The van der Waals surface area contributed by atoms with E-state index in [1.54, 1.807) is 30.3 Å². The average molecular weight is 364 g/mol. The standard InChI is InChI=1S/C18H24N2O4S/c1-4-9-19-18(21)20-12-17(16-6-5-10-24-16)25(22,23)15-8-7-13(2)14(3)11-15/h5-8,10-11,17H,4,9,12H2,1-3H3,(H2,19,20,21)/t17-/m0/s1. The molecule has 0 aliphatic carbocycles. The van der Waals surface area contributed by atoms with Gasteiger partial charge in [-0.1, -0.05) is 13.0 Å². The third-order valence-corrected chi connectivity index (χ3v) is 6.08. The lowest BCUT2D eigenvalue weighted by Gasteiger charge is -2.17. The number of hydrogen-bond donors (Lipinski definition) is 2. The molecule has 25 heavy (non-hydrogen) atoms. The second-order valence-corrected chi connectivity index (χ2v) is 8.06. The van der Waals surface area contributed by atoms with Gasteiger partial charge in [0.05, 0.1) is 11.2 Å². The SMILES string of the molecule is CCCNC(=O)NC[C@@H](c1ccco1)S(=O)(=O)c1ccc(C)c(C)c1. The van der Waals surface area contributed by atoms with E-state index in [0.29, 0.717) is 12.3 Å². The van der Waals surface area contributed by atoms with Crippen LogP contribution in [0.2, 0.25) is 0 Å². The minimum atomic E-state index is -3.72. The van der Waals surface area contributed by atoms with E-state index in [0.717, 1.165) is 17.5 Å². The van der Waals surface area contributed by atoms with Crippen molar-refractivity contribution in [3.63, 3.8) is 0 Å². The number of furan rings is 1. The molecule has 1 heterocycles. The lowest BCUT2D eigenvalue weighted by atomic mass is 10.1. The summed E-state index contributed by atoms with van der Waals surface area (Å²) in [5.74, 6) is 0.300. The van der Waals surface area contributed by atoms with Gasteiger partial charge in [0, 0.05) is 13.1 Å². The molecule has 1 atom stereocenters. The molecule has 2 amide bonds. The van der Waals surface area contributed by atoms with E-state index in [-0.39, 0.29) is 11.4 Å². The molecule has 0 radical (unpaired) electrons. The van der Waals surface area contributed by atoms with E-state index in [9.17, 15) is 13.2 Å². The molecule has 0 unspecified atom stereocenters. The topological polar surface area (TPSA) is 88.4 Å². The first-order chi connectivity index (χ1) is 11.9. The number of urea groups is 1. The predicted octanol–water partition coefficient (Wildman–Crippen LogP) is 3.12. The third kappa shape index (κ3) is 4.63. The molecule has 1 aromatic heterocycles. The molecule has 136 valence electrons. The molecule has 0 aliphatic rings. The molecule has 0 saturated heterocycles. The van der Waals surface area contributed by atoms with Crippen LogP contribution in [-0.2, 0) is 9.84 Å². The molecule has 2 rings (SSSR count). The van der Waals surface area contributed by atoms with Crippen molar-refractivity contribution in [2.75, 3.05) is 13.1 Å². The van der Waals surface area contributed by atoms with Gasteiger partial charge in [0.2, 0.25) is 0 Å². The Morgan fingerprint density at radius 2 is 1.92 bits per heavy atom. The van der Waals surface area contributed by atoms with Crippen LogP contribution in [0.1, 0.15) is 35.5 Å². The van der Waals surface area contributed by atoms with Crippen molar-refractivity contribution in [3.05, 3.63) is 53.5 Å². The summed E-state index contributed by atoms with van der Waals surface area (Å²) in [5.41, 5.74) is 1.92. The quantitative estimate of drug-likeness (QED) is 0.790. The Morgan fingerprint density at radius 3 is 2.52 bits per heavy atom. The summed E-state index contributed by atoms with van der Waals surface area (Å²) >= 11 is 0. The summed E-state index contributed by atoms with van der Waals surface area (Å²) in [5, 5.41) is 4.29. The predicted molar refractivity (Wildman–Crippen MR) is 96.2 cm³/mol. The molecular weight excluding hydrogens is 340 g/mol. The second kappa shape index (κ2) is 8.20. The monoisotopic (exact) mass is 364 g/mol. The Balaban J connectivity index is 2.28. The van der Waals surface area contributed by atoms with Crippen LogP contribution >= 0.6 is 0 Å². The van der Waals surface area contributed by atoms with E-state index >= 15 is 0 Å². The lowest BCUT2D eigenvalue weighted by Crippen LogP contribution is -2.39. The number of benzene rings is 1. The number of amides is 2. The molecule has 0 saturated carbocycles. The van der Waals surface area contributed by atoms with Crippen LogP contribution in [0.4, 0.5) is 4.79 Å². The normalized spacial score (nSPS) is 12.6. The fourth-order valence-corrected chi connectivity index (χ4v) is 4.05. The van der Waals surface area contributed by atoms with Crippen molar-refractivity contribution in [1.82, 2.24) is 10.6 Å². The van der Waals surface area contributed by atoms with Crippen molar-refractivity contribution in [3.8, 4) is 0 Å². The van der Waals surface area contributed by atoms with E-state index in [4.69, 9.17) is 4.42 Å². The van der Waals surface area contributed by atoms with Gasteiger partial charge in [-0.2, -0.15) is 0 Å². The molecular formula is C18H24N2O4S. The van der Waals surface area contributed by atoms with Crippen LogP contribution in [0.3, 0.4) is 0 Å². The van der Waals surface area contributed by atoms with E-state index < -0.39 is 21.1 Å². The lowest BCUT2D eigenvalue weighted by molar-refractivity contribution is 0.240. The maximum atomic E-state index is 13.1. The fourth-order valence-electron chi connectivity index (χ4n) is 2.38. The first-order valence-corrected chi connectivity index (χ1v) is 9.77. The zero-order valence-corrected chi connectivity index (χ0v) is 15.5. The van der Waals surface area contributed by atoms with Gasteiger partial charge in [0.1, 0.15) is 11.0 Å². The zero-order valence-electron chi connectivity index (χ0n) is 14.7. The van der Waals surface area contributed by atoms with Crippen LogP contribution in [0.25, 0.3) is 0 Å². The van der Waals surface area contributed by atoms with Crippen molar-refractivity contribution in [2.24, 2.45) is 0 Å². The van der Waals surface area contributed by atoms with Gasteiger partial charge in [-0.05, 0) is 55.7 Å². The molecule has 0 aliphatic heterocycles. The minimum Gasteiger partial charge on any atom is -0.468 e. The Kier molecular flexibility index (Phi) is 6.25. The summed E-state index contributed by atoms with van der Waals surface area (Å²) < 4.78 is 31.5. The van der Waals surface area contributed by atoms with Crippen LogP contribution in [0.15, 0.2) is 45.9 Å². The van der Waals surface area contributed by atoms with E-state index in [1.807, 2.05) is 20.8 Å². The van der Waals surface area contributed by atoms with Crippen LogP contribution in [0, 0.1) is 13.8 Å². The Hall–Kier alpha value is -2.28. The minimum absolute atomic E-state index is 0.0711. The van der Waals surface area contributed by atoms with Gasteiger partial charge in [0.15, 0.2) is 9.84 Å². The van der Waals surface area contributed by atoms with Crippen LogP contribution < -0.4 is 10.6 Å². The molecule has 1 aromatic carbocycles. The average Bonchev–Trinajstić information content (AvgIpc) is 3.09. The Bertz CT molecular complexity index is 814. The number of rotatable bonds is 7. The summed E-state index contributed by atoms with van der Waals surface area (Å²) in [7, 11) is -3.72. The molecule has 6 nitrogen and oxygen atoms in total. The largest absolute Gasteiger partial charge is 0.468 e. The fraction of sp³-hybridized carbons (Fsp3) is 0.389. The molecule has 2 N–H and O–H groups in total. The van der Waals surface area contributed by atoms with Crippen LogP contribution in [0.5, 0.6) is 0 Å².